The maximum absolute atomic E-state index is 12.4. The van der Waals surface area contributed by atoms with Crippen LogP contribution in [0, 0.1) is 18.3 Å². The van der Waals surface area contributed by atoms with E-state index in [0.29, 0.717) is 5.75 Å². The van der Waals surface area contributed by atoms with Gasteiger partial charge in [0, 0.05) is 0 Å². The van der Waals surface area contributed by atoms with E-state index in [-0.39, 0.29) is 33.5 Å². The van der Waals surface area contributed by atoms with Crippen molar-refractivity contribution >= 4 is 21.7 Å². The molecule has 0 bridgehead atoms. The number of Topliss-reactive ketones (excluding diaryl/α,β-unsaturated/α-hetero) is 1. The minimum Gasteiger partial charge on any atom is -0.497 e. The summed E-state index contributed by atoms with van der Waals surface area (Å²) in [5.41, 5.74) is -0.0629. The van der Waals surface area contributed by atoms with Gasteiger partial charge in [0.05, 0.1) is 17.6 Å². The first-order chi connectivity index (χ1) is 10.8. The molecule has 7 nitrogen and oxygen atoms in total. The third-order valence-corrected chi connectivity index (χ3v) is 4.49. The van der Waals surface area contributed by atoms with Crippen molar-refractivity contribution in [2.45, 2.75) is 18.7 Å². The number of furan rings is 1. The summed E-state index contributed by atoms with van der Waals surface area (Å²) in [4.78, 5) is 11.5. The highest BCUT2D eigenvalue weighted by Crippen LogP contribution is 2.29. The molecule has 0 fully saturated rings. The highest BCUT2D eigenvalue weighted by molar-refractivity contribution is 7.92. The molecule has 2 rings (SSSR count). The fourth-order valence-electron chi connectivity index (χ4n) is 2.08. The average molecular weight is 334 g/mol. The van der Waals surface area contributed by atoms with Crippen LogP contribution >= 0.6 is 0 Å². The Labute approximate surface area is 133 Å². The lowest BCUT2D eigenvalue weighted by atomic mass is 10.1. The van der Waals surface area contributed by atoms with Crippen LogP contribution in [-0.4, -0.2) is 21.3 Å². The first-order valence-corrected chi connectivity index (χ1v) is 7.99. The van der Waals surface area contributed by atoms with Crippen LogP contribution < -0.4 is 9.46 Å². The molecule has 0 radical (unpaired) electrons. The molecule has 1 N–H and O–H groups in total. The Balaban J connectivity index is 2.43. The standard InChI is InChI=1S/C15H14N2O5S/c1-9(18)14-10(2)22-15(13(14)8-16)17-23(19,20)12-6-4-11(21-3)5-7-12/h4-7,17H,1-3H3. The van der Waals surface area contributed by atoms with Crippen LogP contribution in [0.3, 0.4) is 0 Å². The van der Waals surface area contributed by atoms with E-state index >= 15 is 0 Å². The number of anilines is 1. The number of nitrogens with zero attached hydrogens (tertiary/aromatic N) is 1. The molecule has 1 heterocycles. The van der Waals surface area contributed by atoms with Crippen LogP contribution in [-0.2, 0) is 10.0 Å². The number of carbonyl (C=O) groups is 1. The Hall–Kier alpha value is -2.79. The van der Waals surface area contributed by atoms with Gasteiger partial charge in [-0.15, -0.1) is 0 Å². The molecule has 0 atom stereocenters. The Morgan fingerprint density at radius 1 is 1.30 bits per heavy atom. The monoisotopic (exact) mass is 334 g/mol. The van der Waals surface area contributed by atoms with Crippen molar-refractivity contribution in [3.05, 3.63) is 41.2 Å². The van der Waals surface area contributed by atoms with Crippen molar-refractivity contribution in [3.8, 4) is 11.8 Å². The zero-order chi connectivity index (χ0) is 17.2. The summed E-state index contributed by atoms with van der Waals surface area (Å²) in [5.74, 6) is 0.0413. The molecule has 8 heteroatoms. The van der Waals surface area contributed by atoms with Gasteiger partial charge in [0.2, 0.25) is 5.88 Å². The second-order valence-electron chi connectivity index (χ2n) is 4.69. The van der Waals surface area contributed by atoms with Crippen LogP contribution in [0.25, 0.3) is 0 Å². The van der Waals surface area contributed by atoms with Crippen molar-refractivity contribution in [2.75, 3.05) is 11.8 Å². The molecule has 0 saturated carbocycles. The first kappa shape index (κ1) is 16.6. The largest absolute Gasteiger partial charge is 0.497 e. The number of aryl methyl sites for hydroxylation is 1. The van der Waals surface area contributed by atoms with Crippen molar-refractivity contribution in [1.82, 2.24) is 0 Å². The topological polar surface area (TPSA) is 109 Å². The van der Waals surface area contributed by atoms with Gasteiger partial charge in [-0.2, -0.15) is 5.26 Å². The van der Waals surface area contributed by atoms with Gasteiger partial charge in [-0.25, -0.2) is 13.1 Å². The molecule has 0 saturated heterocycles. The second kappa shape index (κ2) is 6.14. The number of methoxy groups -OCH3 is 1. The Morgan fingerprint density at radius 2 is 1.91 bits per heavy atom. The predicted octanol–water partition coefficient (Wildman–Crippen LogP) is 2.47. The fraction of sp³-hybridized carbons (Fsp3) is 0.200. The van der Waals surface area contributed by atoms with E-state index in [2.05, 4.69) is 4.72 Å². The first-order valence-electron chi connectivity index (χ1n) is 6.51. The van der Waals surface area contributed by atoms with Crippen LogP contribution in [0.5, 0.6) is 5.75 Å². The number of rotatable bonds is 5. The van der Waals surface area contributed by atoms with Crippen molar-refractivity contribution in [3.63, 3.8) is 0 Å². The number of sulfonamides is 1. The molecule has 0 spiro atoms. The highest BCUT2D eigenvalue weighted by atomic mass is 32.2. The third-order valence-electron chi connectivity index (χ3n) is 3.14. The van der Waals surface area contributed by atoms with Crippen molar-refractivity contribution in [1.29, 1.82) is 5.26 Å². The lowest BCUT2D eigenvalue weighted by Gasteiger charge is -2.06. The SMILES string of the molecule is COc1ccc(S(=O)(=O)Nc2oc(C)c(C(C)=O)c2C#N)cc1. The maximum atomic E-state index is 12.4. The van der Waals surface area contributed by atoms with E-state index < -0.39 is 10.0 Å². The molecule has 120 valence electrons. The fourth-order valence-corrected chi connectivity index (χ4v) is 3.08. The molecule has 2 aromatic rings. The van der Waals surface area contributed by atoms with Gasteiger partial charge in [0.25, 0.3) is 10.0 Å². The number of ether oxygens (including phenoxy) is 1. The van der Waals surface area contributed by atoms with E-state index in [4.69, 9.17) is 9.15 Å². The van der Waals surface area contributed by atoms with Crippen molar-refractivity contribution in [2.24, 2.45) is 0 Å². The number of hydrogen-bond donors (Lipinski definition) is 1. The van der Waals surface area contributed by atoms with Gasteiger partial charge in [-0.1, -0.05) is 0 Å². The molecule has 0 amide bonds. The van der Waals surface area contributed by atoms with Gasteiger partial charge in [-0.3, -0.25) is 4.79 Å². The summed E-state index contributed by atoms with van der Waals surface area (Å²) in [7, 11) is -2.49. The van der Waals surface area contributed by atoms with E-state index in [9.17, 15) is 18.5 Å². The molecule has 1 aromatic heterocycles. The zero-order valence-corrected chi connectivity index (χ0v) is 13.5. The predicted molar refractivity (Wildman–Crippen MR) is 82.0 cm³/mol. The normalized spacial score (nSPS) is 10.9. The van der Waals surface area contributed by atoms with Crippen LogP contribution in [0.2, 0.25) is 0 Å². The Bertz CT molecular complexity index is 889. The van der Waals surface area contributed by atoms with Gasteiger partial charge in [0.1, 0.15) is 23.1 Å². The summed E-state index contributed by atoms with van der Waals surface area (Å²) in [6, 6.07) is 7.50. The van der Waals surface area contributed by atoms with Crippen LogP contribution in [0.1, 0.15) is 28.6 Å². The number of benzene rings is 1. The Morgan fingerprint density at radius 3 is 2.39 bits per heavy atom. The molecular weight excluding hydrogens is 320 g/mol. The minimum absolute atomic E-state index is 0.0272. The van der Waals surface area contributed by atoms with Gasteiger partial charge in [0.15, 0.2) is 5.78 Å². The Kier molecular flexibility index (Phi) is 4.43. The zero-order valence-electron chi connectivity index (χ0n) is 12.7. The number of carbonyl (C=O) groups excluding carboxylic acids is 1. The second-order valence-corrected chi connectivity index (χ2v) is 6.37. The molecule has 1 aromatic carbocycles. The van der Waals surface area contributed by atoms with Gasteiger partial charge in [-0.05, 0) is 38.1 Å². The summed E-state index contributed by atoms with van der Waals surface area (Å²) < 4.78 is 37.1. The highest BCUT2D eigenvalue weighted by Gasteiger charge is 2.25. The molecule has 0 unspecified atom stereocenters. The van der Waals surface area contributed by atoms with E-state index in [1.807, 2.05) is 0 Å². The molecule has 0 aliphatic carbocycles. The summed E-state index contributed by atoms with van der Waals surface area (Å²) >= 11 is 0. The lowest BCUT2D eigenvalue weighted by molar-refractivity contribution is 0.101. The van der Waals surface area contributed by atoms with Gasteiger partial charge >= 0.3 is 0 Å². The lowest BCUT2D eigenvalue weighted by Crippen LogP contribution is -2.13. The van der Waals surface area contributed by atoms with E-state index in [1.54, 1.807) is 6.07 Å². The number of nitrogens with one attached hydrogen (secondary N) is 1. The van der Waals surface area contributed by atoms with Crippen LogP contribution in [0.4, 0.5) is 5.88 Å². The summed E-state index contributed by atoms with van der Waals surface area (Å²) in [6.07, 6.45) is 0. The third kappa shape index (κ3) is 3.19. The quantitative estimate of drug-likeness (QED) is 0.841. The minimum atomic E-state index is -3.96. The number of hydrogen-bond acceptors (Lipinski definition) is 6. The number of ketones is 1. The summed E-state index contributed by atoms with van der Waals surface area (Å²) in [5, 5.41) is 9.18. The average Bonchev–Trinajstić information content (AvgIpc) is 2.82. The summed E-state index contributed by atoms with van der Waals surface area (Å²) in [6.45, 7) is 2.77. The smallest absolute Gasteiger partial charge is 0.264 e. The maximum Gasteiger partial charge on any atom is 0.264 e. The molecule has 0 aliphatic heterocycles. The van der Waals surface area contributed by atoms with Gasteiger partial charge < -0.3 is 9.15 Å². The number of nitriles is 1. The molecule has 0 aliphatic rings. The molecule has 23 heavy (non-hydrogen) atoms. The molecular formula is C15H14N2O5S. The van der Waals surface area contributed by atoms with Crippen molar-refractivity contribution < 1.29 is 22.4 Å². The van der Waals surface area contributed by atoms with E-state index in [1.165, 1.54) is 45.2 Å². The van der Waals surface area contributed by atoms with Crippen LogP contribution in [0.15, 0.2) is 33.6 Å². The van der Waals surface area contributed by atoms with E-state index in [0.717, 1.165) is 0 Å².